The lowest BCUT2D eigenvalue weighted by molar-refractivity contribution is -0.140. The maximum absolute atomic E-state index is 12.7. The number of piperazine rings is 1. The molecule has 2 saturated carbocycles. The molecular formula is C19H33N3O2. The number of amides is 2. The van der Waals surface area contributed by atoms with Gasteiger partial charge in [-0.05, 0) is 45.6 Å². The summed E-state index contributed by atoms with van der Waals surface area (Å²) in [5.74, 6) is 0.845. The van der Waals surface area contributed by atoms with Crippen LogP contribution in [0.2, 0.25) is 0 Å². The molecule has 1 heterocycles. The first-order valence-electron chi connectivity index (χ1n) is 9.91. The largest absolute Gasteiger partial charge is 0.353 e. The van der Waals surface area contributed by atoms with E-state index in [4.69, 9.17) is 0 Å². The van der Waals surface area contributed by atoms with Gasteiger partial charge in [0.15, 0.2) is 0 Å². The first kappa shape index (κ1) is 17.7. The van der Waals surface area contributed by atoms with E-state index in [-0.39, 0.29) is 17.7 Å². The Morgan fingerprint density at radius 2 is 1.38 bits per heavy atom. The van der Waals surface area contributed by atoms with Crippen molar-refractivity contribution in [1.29, 1.82) is 0 Å². The third-order valence-corrected chi connectivity index (χ3v) is 6.21. The highest BCUT2D eigenvalue weighted by molar-refractivity contribution is 5.81. The van der Waals surface area contributed by atoms with Crippen molar-refractivity contribution in [3.05, 3.63) is 0 Å². The van der Waals surface area contributed by atoms with Crippen LogP contribution in [0.5, 0.6) is 0 Å². The summed E-state index contributed by atoms with van der Waals surface area (Å²) in [7, 11) is 2.11. The van der Waals surface area contributed by atoms with Crippen LogP contribution in [-0.4, -0.2) is 60.9 Å². The minimum atomic E-state index is 0.128. The molecule has 5 heteroatoms. The molecule has 0 unspecified atom stereocenters. The summed E-state index contributed by atoms with van der Waals surface area (Å²) in [4.78, 5) is 29.4. The molecule has 3 rings (SSSR count). The topological polar surface area (TPSA) is 52.7 Å². The molecule has 3 fully saturated rings. The van der Waals surface area contributed by atoms with E-state index in [0.29, 0.717) is 11.9 Å². The molecular weight excluding hydrogens is 302 g/mol. The highest BCUT2D eigenvalue weighted by Crippen LogP contribution is 2.31. The Morgan fingerprint density at radius 1 is 0.792 bits per heavy atom. The lowest BCUT2D eigenvalue weighted by atomic mass is 9.80. The van der Waals surface area contributed by atoms with Crippen molar-refractivity contribution in [3.8, 4) is 0 Å². The first-order chi connectivity index (χ1) is 11.6. The van der Waals surface area contributed by atoms with Gasteiger partial charge in [-0.15, -0.1) is 0 Å². The number of likely N-dealkylation sites (N-methyl/N-ethyl adjacent to an activating group) is 1. The van der Waals surface area contributed by atoms with Crippen molar-refractivity contribution in [1.82, 2.24) is 15.1 Å². The Bertz CT molecular complexity index is 432. The molecule has 0 aromatic rings. The van der Waals surface area contributed by atoms with Gasteiger partial charge in [0.05, 0.1) is 0 Å². The average molecular weight is 335 g/mol. The number of nitrogens with one attached hydrogen (secondary N) is 1. The average Bonchev–Trinajstić information content (AvgIpc) is 2.63. The maximum atomic E-state index is 12.7. The lowest BCUT2D eigenvalue weighted by Crippen LogP contribution is -2.49. The molecule has 0 spiro atoms. The van der Waals surface area contributed by atoms with E-state index >= 15 is 0 Å². The van der Waals surface area contributed by atoms with Crippen molar-refractivity contribution in [2.24, 2.45) is 11.8 Å². The summed E-state index contributed by atoms with van der Waals surface area (Å²) >= 11 is 0. The van der Waals surface area contributed by atoms with Gasteiger partial charge in [-0.1, -0.05) is 19.3 Å². The van der Waals surface area contributed by atoms with Gasteiger partial charge in [-0.25, -0.2) is 0 Å². The van der Waals surface area contributed by atoms with Gasteiger partial charge in [0, 0.05) is 44.1 Å². The standard InChI is InChI=1S/C19H33N3O2/c1-21-11-13-22(14-12-21)19(24)16-9-7-15(8-10-16)18(23)20-17-5-3-2-4-6-17/h15-17H,2-14H2,1H3,(H,20,23). The van der Waals surface area contributed by atoms with E-state index in [1.165, 1.54) is 19.3 Å². The van der Waals surface area contributed by atoms with E-state index in [1.54, 1.807) is 0 Å². The predicted octanol–water partition coefficient (Wildman–Crippen LogP) is 2.02. The summed E-state index contributed by atoms with van der Waals surface area (Å²) < 4.78 is 0. The Morgan fingerprint density at radius 3 is 2.00 bits per heavy atom. The Balaban J connectivity index is 1.41. The second-order valence-corrected chi connectivity index (χ2v) is 8.02. The number of nitrogens with zero attached hydrogens (tertiary/aromatic N) is 2. The summed E-state index contributed by atoms with van der Waals surface area (Å²) in [5, 5.41) is 3.26. The monoisotopic (exact) mass is 335 g/mol. The third-order valence-electron chi connectivity index (χ3n) is 6.21. The minimum Gasteiger partial charge on any atom is -0.353 e. The molecule has 3 aliphatic rings. The van der Waals surface area contributed by atoms with Gasteiger partial charge >= 0.3 is 0 Å². The van der Waals surface area contributed by atoms with E-state index in [1.807, 2.05) is 4.90 Å². The molecule has 2 aliphatic carbocycles. The molecule has 24 heavy (non-hydrogen) atoms. The minimum absolute atomic E-state index is 0.128. The van der Waals surface area contributed by atoms with Gasteiger partial charge < -0.3 is 15.1 Å². The number of hydrogen-bond donors (Lipinski definition) is 1. The van der Waals surface area contributed by atoms with Crippen molar-refractivity contribution >= 4 is 11.8 Å². The Hall–Kier alpha value is -1.10. The summed E-state index contributed by atoms with van der Waals surface area (Å²) in [5.41, 5.74) is 0. The highest BCUT2D eigenvalue weighted by Gasteiger charge is 2.33. The van der Waals surface area contributed by atoms with Gasteiger partial charge in [0.25, 0.3) is 0 Å². The van der Waals surface area contributed by atoms with E-state index < -0.39 is 0 Å². The Kier molecular flexibility index (Phi) is 6.14. The maximum Gasteiger partial charge on any atom is 0.225 e. The Labute approximate surface area is 146 Å². The van der Waals surface area contributed by atoms with Crippen LogP contribution < -0.4 is 5.32 Å². The van der Waals surface area contributed by atoms with Crippen LogP contribution >= 0.6 is 0 Å². The number of carbonyl (C=O) groups excluding carboxylic acids is 2. The smallest absolute Gasteiger partial charge is 0.225 e. The molecule has 0 bridgehead atoms. The molecule has 0 radical (unpaired) electrons. The summed E-state index contributed by atoms with van der Waals surface area (Å²) in [6.45, 7) is 3.67. The second-order valence-electron chi connectivity index (χ2n) is 8.02. The zero-order chi connectivity index (χ0) is 16.9. The number of hydrogen-bond acceptors (Lipinski definition) is 3. The molecule has 5 nitrogen and oxygen atoms in total. The van der Waals surface area contributed by atoms with Gasteiger partial charge in [-0.3, -0.25) is 9.59 Å². The van der Waals surface area contributed by atoms with Crippen molar-refractivity contribution < 1.29 is 9.59 Å². The van der Waals surface area contributed by atoms with Crippen molar-refractivity contribution in [2.45, 2.75) is 63.8 Å². The van der Waals surface area contributed by atoms with Gasteiger partial charge in [0.1, 0.15) is 0 Å². The normalized spacial score (nSPS) is 30.1. The zero-order valence-corrected chi connectivity index (χ0v) is 15.1. The fourth-order valence-corrected chi connectivity index (χ4v) is 4.45. The molecule has 0 atom stereocenters. The molecule has 1 aliphatic heterocycles. The molecule has 0 aromatic heterocycles. The van der Waals surface area contributed by atoms with Crippen LogP contribution in [0, 0.1) is 11.8 Å². The number of carbonyl (C=O) groups is 2. The van der Waals surface area contributed by atoms with E-state index in [9.17, 15) is 9.59 Å². The fourth-order valence-electron chi connectivity index (χ4n) is 4.45. The molecule has 0 aromatic carbocycles. The molecule has 136 valence electrons. The van der Waals surface area contributed by atoms with Crippen LogP contribution in [-0.2, 0) is 9.59 Å². The predicted molar refractivity (Wildman–Crippen MR) is 94.5 cm³/mol. The van der Waals surface area contributed by atoms with Crippen molar-refractivity contribution in [3.63, 3.8) is 0 Å². The van der Waals surface area contributed by atoms with Crippen LogP contribution in [0.15, 0.2) is 0 Å². The molecule has 1 saturated heterocycles. The second kappa shape index (κ2) is 8.32. The van der Waals surface area contributed by atoms with Crippen molar-refractivity contribution in [2.75, 3.05) is 33.2 Å². The SMILES string of the molecule is CN1CCN(C(=O)C2CCC(C(=O)NC3CCCCC3)CC2)CC1. The highest BCUT2D eigenvalue weighted by atomic mass is 16.2. The fraction of sp³-hybridized carbons (Fsp3) is 0.895. The summed E-state index contributed by atoms with van der Waals surface area (Å²) in [6.07, 6.45) is 9.61. The number of rotatable bonds is 3. The quantitative estimate of drug-likeness (QED) is 0.858. The zero-order valence-electron chi connectivity index (χ0n) is 15.1. The van der Waals surface area contributed by atoms with E-state index in [2.05, 4.69) is 17.3 Å². The van der Waals surface area contributed by atoms with Crippen LogP contribution in [0.4, 0.5) is 0 Å². The first-order valence-corrected chi connectivity index (χ1v) is 9.91. The molecule has 2 amide bonds. The third kappa shape index (κ3) is 4.50. The molecule has 1 N–H and O–H groups in total. The summed E-state index contributed by atoms with van der Waals surface area (Å²) in [6, 6.07) is 0.399. The van der Waals surface area contributed by atoms with Crippen LogP contribution in [0.1, 0.15) is 57.8 Å². The van der Waals surface area contributed by atoms with Crippen LogP contribution in [0.3, 0.4) is 0 Å². The van der Waals surface area contributed by atoms with Crippen LogP contribution in [0.25, 0.3) is 0 Å². The van der Waals surface area contributed by atoms with Gasteiger partial charge in [0.2, 0.25) is 11.8 Å². The van der Waals surface area contributed by atoms with Gasteiger partial charge in [-0.2, -0.15) is 0 Å². The lowest BCUT2D eigenvalue weighted by Gasteiger charge is -2.36. The van der Waals surface area contributed by atoms with E-state index in [0.717, 1.165) is 64.7 Å².